The van der Waals surface area contributed by atoms with Gasteiger partial charge in [0.2, 0.25) is 11.8 Å². The second-order valence-electron chi connectivity index (χ2n) is 6.25. The van der Waals surface area contributed by atoms with Gasteiger partial charge in [0.25, 0.3) is 0 Å². The second kappa shape index (κ2) is 9.43. The summed E-state index contributed by atoms with van der Waals surface area (Å²) in [6.45, 7) is 5.94. The van der Waals surface area contributed by atoms with E-state index >= 15 is 0 Å². The van der Waals surface area contributed by atoms with Gasteiger partial charge in [-0.25, -0.2) is 4.98 Å². The van der Waals surface area contributed by atoms with Crippen molar-refractivity contribution in [3.8, 4) is 11.6 Å². The molecule has 2 aromatic rings. The number of hydrogen-bond acceptors (Lipinski definition) is 5. The minimum Gasteiger partial charge on any atom is -0.489 e. The van der Waals surface area contributed by atoms with E-state index < -0.39 is 17.6 Å². The molecule has 0 atom stereocenters. The van der Waals surface area contributed by atoms with Crippen molar-refractivity contribution in [2.45, 2.75) is 52.3 Å². The minimum absolute atomic E-state index is 0.00768. The van der Waals surface area contributed by atoms with E-state index in [9.17, 15) is 13.2 Å². The molecule has 0 bridgehead atoms. The molecule has 8 heteroatoms. The summed E-state index contributed by atoms with van der Waals surface area (Å²) in [5.41, 5.74) is -0.431. The Morgan fingerprint density at radius 2 is 1.89 bits per heavy atom. The van der Waals surface area contributed by atoms with E-state index in [0.717, 1.165) is 19.0 Å². The Kier molecular flexibility index (Phi) is 7.27. The lowest BCUT2D eigenvalue weighted by molar-refractivity contribution is -0.139. The van der Waals surface area contributed by atoms with Crippen LogP contribution in [0.5, 0.6) is 11.6 Å². The molecule has 27 heavy (non-hydrogen) atoms. The van der Waals surface area contributed by atoms with Crippen molar-refractivity contribution in [3.05, 3.63) is 36.0 Å². The van der Waals surface area contributed by atoms with Gasteiger partial charge in [0.05, 0.1) is 18.4 Å². The number of anilines is 2. The van der Waals surface area contributed by atoms with Crippen molar-refractivity contribution in [1.29, 1.82) is 0 Å². The number of halogens is 3. The quantitative estimate of drug-likeness (QED) is 0.572. The molecule has 0 aliphatic rings. The van der Waals surface area contributed by atoms with Crippen LogP contribution in [0.25, 0.3) is 0 Å². The van der Waals surface area contributed by atoms with Gasteiger partial charge in [-0.1, -0.05) is 31.9 Å². The van der Waals surface area contributed by atoms with Crippen LogP contribution in [0.4, 0.5) is 24.8 Å². The van der Waals surface area contributed by atoms with E-state index in [4.69, 9.17) is 9.47 Å². The first-order valence-corrected chi connectivity index (χ1v) is 8.91. The molecule has 0 saturated heterocycles. The zero-order chi connectivity index (χ0) is 19.9. The van der Waals surface area contributed by atoms with Gasteiger partial charge in [-0.05, 0) is 32.4 Å². The fraction of sp³-hybridized carbons (Fsp3) is 0.474. The maximum absolute atomic E-state index is 13.2. The first-order valence-electron chi connectivity index (χ1n) is 8.91. The summed E-state index contributed by atoms with van der Waals surface area (Å²) in [6.07, 6.45) is -1.44. The van der Waals surface area contributed by atoms with Crippen molar-refractivity contribution >= 4 is 11.6 Å². The number of aromatic nitrogens is 2. The summed E-state index contributed by atoms with van der Waals surface area (Å²) >= 11 is 0. The third kappa shape index (κ3) is 6.30. The van der Waals surface area contributed by atoms with Gasteiger partial charge in [-0.15, -0.1) is 0 Å². The number of rotatable bonds is 9. The Morgan fingerprint density at radius 1 is 1.15 bits per heavy atom. The molecule has 1 aromatic carbocycles. The van der Waals surface area contributed by atoms with Crippen LogP contribution in [0.15, 0.2) is 30.5 Å². The molecule has 2 rings (SSSR count). The number of nitrogens with one attached hydrogen (secondary N) is 1. The predicted molar refractivity (Wildman–Crippen MR) is 97.5 cm³/mol. The van der Waals surface area contributed by atoms with Crippen LogP contribution < -0.4 is 14.8 Å². The van der Waals surface area contributed by atoms with Crippen LogP contribution >= 0.6 is 0 Å². The fourth-order valence-electron chi connectivity index (χ4n) is 2.30. The van der Waals surface area contributed by atoms with E-state index in [1.807, 2.05) is 20.8 Å². The Labute approximate surface area is 156 Å². The molecule has 148 valence electrons. The number of benzene rings is 1. The summed E-state index contributed by atoms with van der Waals surface area (Å²) in [7, 11) is 0. The number of hydrogen-bond donors (Lipinski definition) is 1. The van der Waals surface area contributed by atoms with Gasteiger partial charge in [-0.3, -0.25) is 0 Å². The molecular formula is C19H24F3N3O2. The molecule has 1 heterocycles. The summed E-state index contributed by atoms with van der Waals surface area (Å²) in [5, 5.41) is 2.90. The minimum atomic E-state index is -4.59. The van der Waals surface area contributed by atoms with Crippen molar-refractivity contribution in [3.63, 3.8) is 0 Å². The Morgan fingerprint density at radius 3 is 2.56 bits per heavy atom. The predicted octanol–water partition coefficient (Wildman–Crippen LogP) is 5.60. The van der Waals surface area contributed by atoms with Gasteiger partial charge in [0.1, 0.15) is 11.3 Å². The molecule has 0 aliphatic carbocycles. The summed E-state index contributed by atoms with van der Waals surface area (Å²) < 4.78 is 50.6. The first kappa shape index (κ1) is 20.8. The van der Waals surface area contributed by atoms with Crippen LogP contribution in [0, 0.1) is 0 Å². The van der Waals surface area contributed by atoms with Gasteiger partial charge in [-0.2, -0.15) is 18.2 Å². The zero-order valence-electron chi connectivity index (χ0n) is 15.6. The Hall–Kier alpha value is -2.51. The average Bonchev–Trinajstić information content (AvgIpc) is 2.59. The molecule has 0 spiro atoms. The van der Waals surface area contributed by atoms with Crippen molar-refractivity contribution in [2.24, 2.45) is 0 Å². The molecule has 0 aliphatic heterocycles. The summed E-state index contributed by atoms with van der Waals surface area (Å²) in [6, 6.07) is 7.08. The highest BCUT2D eigenvalue weighted by Crippen LogP contribution is 2.36. The topological polar surface area (TPSA) is 56.3 Å². The fourth-order valence-corrected chi connectivity index (χ4v) is 2.30. The highest BCUT2D eigenvalue weighted by atomic mass is 19.4. The van der Waals surface area contributed by atoms with E-state index in [0.29, 0.717) is 17.9 Å². The van der Waals surface area contributed by atoms with Crippen LogP contribution in [-0.2, 0) is 6.18 Å². The van der Waals surface area contributed by atoms with Crippen molar-refractivity contribution in [2.75, 3.05) is 11.9 Å². The lowest BCUT2D eigenvalue weighted by Gasteiger charge is -2.16. The smallest absolute Gasteiger partial charge is 0.423 e. The van der Waals surface area contributed by atoms with Crippen LogP contribution in [0.1, 0.15) is 45.6 Å². The van der Waals surface area contributed by atoms with Crippen molar-refractivity contribution in [1.82, 2.24) is 9.97 Å². The van der Waals surface area contributed by atoms with E-state index in [2.05, 4.69) is 15.3 Å². The first-order chi connectivity index (χ1) is 12.8. The highest BCUT2D eigenvalue weighted by molar-refractivity contribution is 5.62. The summed E-state index contributed by atoms with van der Waals surface area (Å²) in [5.74, 6) is 0.0908. The van der Waals surface area contributed by atoms with Gasteiger partial charge >= 0.3 is 6.18 Å². The lowest BCUT2D eigenvalue weighted by atomic mass is 10.2. The Balaban J connectivity index is 2.25. The van der Waals surface area contributed by atoms with Gasteiger partial charge in [0, 0.05) is 6.20 Å². The molecule has 0 radical (unpaired) electrons. The molecule has 0 saturated carbocycles. The molecule has 0 unspecified atom stereocenters. The standard InChI is InChI=1S/C19H24F3N3O2/c1-4-5-8-11-26-17-14(19(20,21)22)12-23-18(25-17)24-15-9-6-7-10-16(15)27-13(2)3/h6-7,9-10,12-13H,4-5,8,11H2,1-3H3,(H,23,24,25). The largest absolute Gasteiger partial charge is 0.489 e. The van der Waals surface area contributed by atoms with Crippen LogP contribution in [0.2, 0.25) is 0 Å². The zero-order valence-corrected chi connectivity index (χ0v) is 15.6. The lowest BCUT2D eigenvalue weighted by Crippen LogP contribution is -2.13. The maximum atomic E-state index is 13.2. The van der Waals surface area contributed by atoms with Crippen LogP contribution in [-0.4, -0.2) is 22.7 Å². The van der Waals surface area contributed by atoms with E-state index in [1.54, 1.807) is 24.3 Å². The van der Waals surface area contributed by atoms with E-state index in [-0.39, 0.29) is 18.7 Å². The summed E-state index contributed by atoms with van der Waals surface area (Å²) in [4.78, 5) is 7.72. The SMILES string of the molecule is CCCCCOc1nc(Nc2ccccc2OC(C)C)ncc1C(F)(F)F. The monoisotopic (exact) mass is 383 g/mol. The number of nitrogens with zero attached hydrogens (tertiary/aromatic N) is 2. The number of para-hydroxylation sites is 2. The molecule has 0 amide bonds. The normalized spacial score (nSPS) is 11.5. The van der Waals surface area contributed by atoms with E-state index in [1.165, 1.54) is 0 Å². The molecular weight excluding hydrogens is 359 g/mol. The average molecular weight is 383 g/mol. The highest BCUT2D eigenvalue weighted by Gasteiger charge is 2.36. The number of ether oxygens (including phenoxy) is 2. The second-order valence-corrected chi connectivity index (χ2v) is 6.25. The van der Waals surface area contributed by atoms with Crippen molar-refractivity contribution < 1.29 is 22.6 Å². The molecule has 1 aromatic heterocycles. The van der Waals surface area contributed by atoms with Crippen LogP contribution in [0.3, 0.4) is 0 Å². The number of alkyl halides is 3. The Bertz CT molecular complexity index is 736. The third-order valence-corrected chi connectivity index (χ3v) is 3.54. The molecule has 1 N–H and O–H groups in total. The van der Waals surface area contributed by atoms with Gasteiger partial charge in [0.15, 0.2) is 0 Å². The molecule has 5 nitrogen and oxygen atoms in total. The maximum Gasteiger partial charge on any atom is 0.423 e. The third-order valence-electron chi connectivity index (χ3n) is 3.54. The molecule has 0 fully saturated rings. The number of unbranched alkanes of at least 4 members (excludes halogenated alkanes) is 2. The van der Waals surface area contributed by atoms with Gasteiger partial charge < -0.3 is 14.8 Å².